The Morgan fingerprint density at radius 3 is 1.13 bits per heavy atom. The molecular weight excluding hydrogens is 679 g/mol. The first-order valence-corrected chi connectivity index (χ1v) is 15.9. The van der Waals surface area contributed by atoms with Crippen molar-refractivity contribution in [1.82, 2.24) is 0 Å². The first-order valence-electron chi connectivity index (χ1n) is 15.9. The van der Waals surface area contributed by atoms with E-state index in [4.69, 9.17) is 9.47 Å². The molecule has 46 heavy (non-hydrogen) atoms. The van der Waals surface area contributed by atoms with Crippen LogP contribution in [0.5, 0.6) is 0 Å². The van der Waals surface area contributed by atoms with Crippen LogP contribution in [0, 0.1) is 23.0 Å². The quantitative estimate of drug-likeness (QED) is 0.279. The van der Waals surface area contributed by atoms with Gasteiger partial charge in [-0.25, -0.2) is 23.3 Å². The fraction of sp³-hybridized carbons (Fsp3) is 0.600. The van der Waals surface area contributed by atoms with Crippen LogP contribution in [0.2, 0.25) is 0 Å². The van der Waals surface area contributed by atoms with E-state index in [2.05, 4.69) is 156 Å². The van der Waals surface area contributed by atoms with Gasteiger partial charge in [0.25, 0.3) is 0 Å². The molecule has 6 heteroatoms. The molecule has 0 radical (unpaired) electrons. The summed E-state index contributed by atoms with van der Waals surface area (Å²) in [6.45, 7) is 26.6. The fourth-order valence-corrected chi connectivity index (χ4v) is 6.77. The van der Waals surface area contributed by atoms with Crippen LogP contribution < -0.4 is 24.8 Å². The largest absolute Gasteiger partial charge is 2.00 e. The second-order valence-electron chi connectivity index (χ2n) is 16.3. The van der Waals surface area contributed by atoms with Gasteiger partial charge in [-0.2, -0.15) is 12.2 Å². The van der Waals surface area contributed by atoms with Crippen molar-refractivity contribution in [3.63, 3.8) is 0 Å². The second kappa shape index (κ2) is 18.7. The van der Waals surface area contributed by atoms with Gasteiger partial charge in [-0.1, -0.05) is 78.0 Å². The predicted octanol–water partition coefficient (Wildman–Crippen LogP) is 5.11. The SMILES string of the molecule is CC(C)(C)OC1(CC2=[C-]CC=C2)CC=CC=C1C(C)(C)C.CC(C)(C)OC1(CC2=[C-]CC=C2)CC=CC=C1C(C)(C)C.[Cl-].[Cl-].[Ti+2].[Ti+2]. The molecule has 0 aromatic rings. The first-order chi connectivity index (χ1) is 19.2. The third-order valence-corrected chi connectivity index (χ3v) is 7.78. The van der Waals surface area contributed by atoms with E-state index in [1.54, 1.807) is 0 Å². The Labute approximate surface area is 325 Å². The Hall–Kier alpha value is -0.151. The summed E-state index contributed by atoms with van der Waals surface area (Å²) >= 11 is 0. The summed E-state index contributed by atoms with van der Waals surface area (Å²) in [6, 6.07) is 0. The summed E-state index contributed by atoms with van der Waals surface area (Å²) in [5, 5.41) is 0. The van der Waals surface area contributed by atoms with Crippen LogP contribution in [-0.2, 0) is 52.9 Å². The molecule has 4 aliphatic carbocycles. The molecule has 4 aliphatic rings. The van der Waals surface area contributed by atoms with Gasteiger partial charge in [-0.3, -0.25) is 12.2 Å². The van der Waals surface area contributed by atoms with Gasteiger partial charge in [0.05, 0.1) is 22.4 Å². The summed E-state index contributed by atoms with van der Waals surface area (Å²) in [5.74, 6) is 0. The zero-order valence-corrected chi connectivity index (χ0v) is 35.2. The number of ether oxygens (including phenoxy) is 2. The Morgan fingerprint density at radius 1 is 0.565 bits per heavy atom. The smallest absolute Gasteiger partial charge is 1.00 e. The molecule has 0 aromatic heterocycles. The van der Waals surface area contributed by atoms with E-state index in [0.29, 0.717) is 0 Å². The van der Waals surface area contributed by atoms with Crippen LogP contribution >= 0.6 is 0 Å². The second-order valence-corrected chi connectivity index (χ2v) is 16.3. The predicted molar refractivity (Wildman–Crippen MR) is 180 cm³/mol. The third kappa shape index (κ3) is 14.0. The van der Waals surface area contributed by atoms with Crippen LogP contribution in [-0.4, -0.2) is 22.4 Å². The van der Waals surface area contributed by atoms with Gasteiger partial charge in [-0.05, 0) is 89.2 Å². The molecule has 0 heterocycles. The molecule has 0 aromatic carbocycles. The normalized spacial score (nSPS) is 23.7. The molecule has 2 unspecified atom stereocenters. The topological polar surface area (TPSA) is 18.5 Å². The van der Waals surface area contributed by atoms with Crippen LogP contribution in [0.1, 0.15) is 122 Å². The molecule has 2 nitrogen and oxygen atoms in total. The average molecular weight is 738 g/mol. The van der Waals surface area contributed by atoms with Crippen LogP contribution in [0.15, 0.2) is 83.1 Å². The molecule has 0 bridgehead atoms. The van der Waals surface area contributed by atoms with Crippen molar-refractivity contribution in [2.75, 3.05) is 0 Å². The maximum atomic E-state index is 6.65. The molecule has 0 aliphatic heterocycles. The minimum absolute atomic E-state index is 0. The van der Waals surface area contributed by atoms with Crippen molar-refractivity contribution in [3.05, 3.63) is 95.2 Å². The minimum atomic E-state index is -0.248. The maximum Gasteiger partial charge on any atom is 2.00 e. The first kappa shape index (κ1) is 48.0. The van der Waals surface area contributed by atoms with Crippen molar-refractivity contribution < 1.29 is 77.7 Å². The van der Waals surface area contributed by atoms with E-state index >= 15 is 0 Å². The maximum absolute atomic E-state index is 6.65. The summed E-state index contributed by atoms with van der Waals surface area (Å²) in [7, 11) is 0. The van der Waals surface area contributed by atoms with E-state index in [1.807, 2.05) is 0 Å². The third-order valence-electron chi connectivity index (χ3n) is 7.78. The number of hydrogen-bond donors (Lipinski definition) is 0. The van der Waals surface area contributed by atoms with Gasteiger partial charge in [0.1, 0.15) is 0 Å². The Morgan fingerprint density at radius 2 is 0.891 bits per heavy atom. The molecule has 252 valence electrons. The van der Waals surface area contributed by atoms with E-state index in [-0.39, 0.29) is 101 Å². The average Bonchev–Trinajstić information content (AvgIpc) is 3.50. The Kier molecular flexibility index (Phi) is 19.5. The van der Waals surface area contributed by atoms with Gasteiger partial charge < -0.3 is 34.3 Å². The standard InChI is InChI=1S/2C20H29O.2ClH.2Ti/c2*1-18(2,3)17-13-9-10-14-20(17,21-19(4,5)6)15-16-11-7-8-12-16;;;;/h2*7,9-11,13H,8,14-15H2,1-6H3;2*1H;;/q2*-1;;;2*+2/p-2. The van der Waals surface area contributed by atoms with Crippen molar-refractivity contribution in [3.8, 4) is 0 Å². The van der Waals surface area contributed by atoms with E-state index < -0.39 is 0 Å². The van der Waals surface area contributed by atoms with Crippen molar-refractivity contribution in [2.45, 2.75) is 144 Å². The van der Waals surface area contributed by atoms with Crippen LogP contribution in [0.4, 0.5) is 0 Å². The summed E-state index contributed by atoms with van der Waals surface area (Å²) in [4.78, 5) is 0. The van der Waals surface area contributed by atoms with Gasteiger partial charge >= 0.3 is 43.4 Å². The fourth-order valence-electron chi connectivity index (χ4n) is 6.77. The zero-order valence-electron chi connectivity index (χ0n) is 30.6. The van der Waals surface area contributed by atoms with Gasteiger partial charge in [0.2, 0.25) is 0 Å². The molecule has 0 saturated carbocycles. The number of allylic oxidation sites excluding steroid dienone is 10. The zero-order chi connectivity index (χ0) is 31.5. The number of rotatable bonds is 6. The molecule has 0 saturated heterocycles. The van der Waals surface area contributed by atoms with Gasteiger partial charge in [0, 0.05) is 0 Å². The van der Waals surface area contributed by atoms with Crippen molar-refractivity contribution in [2.24, 2.45) is 10.8 Å². The van der Waals surface area contributed by atoms with E-state index in [0.717, 1.165) is 38.5 Å². The number of hydrogen-bond acceptors (Lipinski definition) is 2. The van der Waals surface area contributed by atoms with E-state index in [9.17, 15) is 0 Å². The molecule has 4 rings (SSSR count). The molecule has 0 N–H and O–H groups in total. The monoisotopic (exact) mass is 736 g/mol. The summed E-state index contributed by atoms with van der Waals surface area (Å²) < 4.78 is 13.3. The summed E-state index contributed by atoms with van der Waals surface area (Å²) in [6.07, 6.45) is 34.6. The van der Waals surface area contributed by atoms with Gasteiger partial charge in [0.15, 0.2) is 0 Å². The summed E-state index contributed by atoms with van der Waals surface area (Å²) in [5.41, 5.74) is 4.71. The molecule has 0 spiro atoms. The van der Waals surface area contributed by atoms with Crippen molar-refractivity contribution >= 4 is 0 Å². The Balaban J connectivity index is 0. The molecular formula is C40H58Cl2O2Ti2. The van der Waals surface area contributed by atoms with Crippen molar-refractivity contribution in [1.29, 1.82) is 0 Å². The number of halogens is 2. The Bertz CT molecular complexity index is 1130. The van der Waals surface area contributed by atoms with Crippen LogP contribution in [0.25, 0.3) is 0 Å². The van der Waals surface area contributed by atoms with Crippen LogP contribution in [0.3, 0.4) is 0 Å². The van der Waals surface area contributed by atoms with E-state index in [1.165, 1.54) is 22.3 Å². The van der Waals surface area contributed by atoms with Gasteiger partial charge in [-0.15, -0.1) is 12.8 Å². The molecule has 0 fully saturated rings. The minimum Gasteiger partial charge on any atom is -1.00 e. The molecule has 2 atom stereocenters. The molecule has 0 amide bonds.